The Hall–Kier alpha value is -1.35. The molecule has 90 valence electrons. The molecule has 0 aliphatic carbocycles. The Labute approximate surface area is 111 Å². The number of anilines is 1. The highest BCUT2D eigenvalue weighted by atomic mass is 79.9. The van der Waals surface area contributed by atoms with Gasteiger partial charge in [-0.1, -0.05) is 12.2 Å². The Morgan fingerprint density at radius 3 is 2.35 bits per heavy atom. The van der Waals surface area contributed by atoms with E-state index in [-0.39, 0.29) is 5.78 Å². The van der Waals surface area contributed by atoms with Crippen LogP contribution in [-0.2, 0) is 0 Å². The van der Waals surface area contributed by atoms with Gasteiger partial charge in [0, 0.05) is 23.1 Å². The molecule has 3 heteroatoms. The molecule has 0 amide bonds. The molecule has 0 aliphatic heterocycles. The number of hydrogen-bond donors (Lipinski definition) is 0. The smallest absolute Gasteiger partial charge is 0.159 e. The summed E-state index contributed by atoms with van der Waals surface area (Å²) >= 11 is 3.49. The lowest BCUT2D eigenvalue weighted by Crippen LogP contribution is -2.23. The molecule has 0 unspecified atom stereocenters. The van der Waals surface area contributed by atoms with Crippen molar-refractivity contribution in [2.45, 2.75) is 6.92 Å². The molecule has 1 rings (SSSR count). The van der Waals surface area contributed by atoms with E-state index in [1.165, 1.54) is 0 Å². The number of carbonyl (C=O) groups is 1. The van der Waals surface area contributed by atoms with E-state index in [2.05, 4.69) is 34.0 Å². The molecule has 0 heterocycles. The number of nitrogens with zero attached hydrogens (tertiary/aromatic N) is 1. The van der Waals surface area contributed by atoms with Gasteiger partial charge >= 0.3 is 0 Å². The highest BCUT2D eigenvalue weighted by Crippen LogP contribution is 2.27. The minimum atomic E-state index is 0.0660. The van der Waals surface area contributed by atoms with Crippen molar-refractivity contribution >= 4 is 27.4 Å². The van der Waals surface area contributed by atoms with Crippen molar-refractivity contribution in [2.24, 2.45) is 0 Å². The SMILES string of the molecule is C=CCN(CC=C)c1ccc(C(C)=O)cc1Br. The third kappa shape index (κ3) is 3.56. The molecule has 17 heavy (non-hydrogen) atoms. The number of rotatable bonds is 6. The molecule has 0 radical (unpaired) electrons. The summed E-state index contributed by atoms with van der Waals surface area (Å²) in [5, 5.41) is 0. The Kier molecular flexibility index (Phi) is 5.16. The van der Waals surface area contributed by atoms with Crippen molar-refractivity contribution in [1.82, 2.24) is 0 Å². The molecule has 2 nitrogen and oxygen atoms in total. The van der Waals surface area contributed by atoms with E-state index in [1.54, 1.807) is 6.92 Å². The van der Waals surface area contributed by atoms with Gasteiger partial charge in [0.2, 0.25) is 0 Å². The average molecular weight is 294 g/mol. The fourth-order valence-electron chi connectivity index (χ4n) is 1.57. The van der Waals surface area contributed by atoms with Gasteiger partial charge in [0.05, 0.1) is 5.69 Å². The monoisotopic (exact) mass is 293 g/mol. The van der Waals surface area contributed by atoms with E-state index in [9.17, 15) is 4.79 Å². The zero-order valence-electron chi connectivity index (χ0n) is 9.95. The molecule has 0 atom stereocenters. The number of Topliss-reactive ketones (excluding diaryl/α,β-unsaturated/α-hetero) is 1. The van der Waals surface area contributed by atoms with Crippen molar-refractivity contribution in [3.63, 3.8) is 0 Å². The van der Waals surface area contributed by atoms with Crippen molar-refractivity contribution in [3.05, 3.63) is 53.5 Å². The van der Waals surface area contributed by atoms with Gasteiger partial charge in [0.15, 0.2) is 5.78 Å². The standard InChI is InChI=1S/C14H16BrNO/c1-4-8-16(9-5-2)14-7-6-12(11(3)17)10-13(14)15/h4-7,10H,1-2,8-9H2,3H3. The third-order valence-electron chi connectivity index (χ3n) is 2.39. The summed E-state index contributed by atoms with van der Waals surface area (Å²) < 4.78 is 0.911. The van der Waals surface area contributed by atoms with Crippen LogP contribution in [0.2, 0.25) is 0 Å². The molecule has 0 N–H and O–H groups in total. The van der Waals surface area contributed by atoms with E-state index < -0.39 is 0 Å². The third-order valence-corrected chi connectivity index (χ3v) is 3.03. The lowest BCUT2D eigenvalue weighted by atomic mass is 10.1. The normalized spacial score (nSPS) is 9.76. The lowest BCUT2D eigenvalue weighted by molar-refractivity contribution is 0.101. The average Bonchev–Trinajstić information content (AvgIpc) is 2.28. The Bertz CT molecular complexity index is 430. The van der Waals surface area contributed by atoms with Crippen molar-refractivity contribution < 1.29 is 4.79 Å². The first-order valence-corrected chi connectivity index (χ1v) is 6.16. The highest BCUT2D eigenvalue weighted by molar-refractivity contribution is 9.10. The summed E-state index contributed by atoms with van der Waals surface area (Å²) in [6.07, 6.45) is 3.68. The highest BCUT2D eigenvalue weighted by Gasteiger charge is 2.09. The number of carbonyl (C=O) groups excluding carboxylic acids is 1. The van der Waals surface area contributed by atoms with Gasteiger partial charge in [-0.15, -0.1) is 13.2 Å². The zero-order valence-corrected chi connectivity index (χ0v) is 11.5. The van der Waals surface area contributed by atoms with Crippen LogP contribution in [0.25, 0.3) is 0 Å². The molecule has 1 aromatic carbocycles. The van der Waals surface area contributed by atoms with Gasteiger partial charge in [0.1, 0.15) is 0 Å². The van der Waals surface area contributed by atoms with Gasteiger partial charge in [-0.05, 0) is 41.1 Å². The second-order valence-corrected chi connectivity index (χ2v) is 4.56. The predicted molar refractivity (Wildman–Crippen MR) is 76.8 cm³/mol. The summed E-state index contributed by atoms with van der Waals surface area (Å²) in [7, 11) is 0. The minimum Gasteiger partial charge on any atom is -0.363 e. The molecule has 0 aliphatic rings. The molecule has 1 aromatic rings. The van der Waals surface area contributed by atoms with Gasteiger partial charge in [0.25, 0.3) is 0 Å². The molecular formula is C14H16BrNO. The summed E-state index contributed by atoms with van der Waals surface area (Å²) in [6, 6.07) is 5.62. The van der Waals surface area contributed by atoms with Crippen LogP contribution in [-0.4, -0.2) is 18.9 Å². The quantitative estimate of drug-likeness (QED) is 0.587. The number of ketones is 1. The Morgan fingerprint density at radius 2 is 1.94 bits per heavy atom. The van der Waals surface area contributed by atoms with Crippen LogP contribution in [0.3, 0.4) is 0 Å². The molecule has 0 fully saturated rings. The zero-order chi connectivity index (χ0) is 12.8. The maximum atomic E-state index is 11.3. The van der Waals surface area contributed by atoms with Crippen LogP contribution in [0.15, 0.2) is 48.0 Å². The molecule has 0 saturated heterocycles. The molecule has 0 aromatic heterocycles. The van der Waals surface area contributed by atoms with Gasteiger partial charge < -0.3 is 4.90 Å². The van der Waals surface area contributed by atoms with Crippen LogP contribution in [0.4, 0.5) is 5.69 Å². The van der Waals surface area contributed by atoms with Gasteiger partial charge in [-0.3, -0.25) is 4.79 Å². The lowest BCUT2D eigenvalue weighted by Gasteiger charge is -2.23. The van der Waals surface area contributed by atoms with Gasteiger partial charge in [-0.2, -0.15) is 0 Å². The molecule has 0 saturated carbocycles. The maximum absolute atomic E-state index is 11.3. The van der Waals surface area contributed by atoms with E-state index in [0.717, 1.165) is 23.2 Å². The first-order chi connectivity index (χ1) is 8.10. The maximum Gasteiger partial charge on any atom is 0.159 e. The number of halogens is 1. The summed E-state index contributed by atoms with van der Waals surface area (Å²) in [6.45, 7) is 10.5. The summed E-state index contributed by atoms with van der Waals surface area (Å²) in [5.41, 5.74) is 1.74. The van der Waals surface area contributed by atoms with E-state index >= 15 is 0 Å². The van der Waals surface area contributed by atoms with E-state index in [4.69, 9.17) is 0 Å². The topological polar surface area (TPSA) is 20.3 Å². The summed E-state index contributed by atoms with van der Waals surface area (Å²) in [4.78, 5) is 13.4. The Morgan fingerprint density at radius 1 is 1.35 bits per heavy atom. The Balaban J connectivity index is 3.07. The van der Waals surface area contributed by atoms with Crippen LogP contribution in [0, 0.1) is 0 Å². The fourth-order valence-corrected chi connectivity index (χ4v) is 2.19. The number of hydrogen-bond acceptors (Lipinski definition) is 2. The van der Waals surface area contributed by atoms with Crippen LogP contribution in [0.1, 0.15) is 17.3 Å². The van der Waals surface area contributed by atoms with Gasteiger partial charge in [-0.25, -0.2) is 0 Å². The first-order valence-electron chi connectivity index (χ1n) is 5.37. The van der Waals surface area contributed by atoms with E-state index in [1.807, 2.05) is 30.4 Å². The first kappa shape index (κ1) is 13.7. The predicted octanol–water partition coefficient (Wildman–Crippen LogP) is 3.83. The second-order valence-electron chi connectivity index (χ2n) is 3.70. The second kappa shape index (κ2) is 6.40. The van der Waals surface area contributed by atoms with Crippen LogP contribution in [0.5, 0.6) is 0 Å². The molecule has 0 bridgehead atoms. The fraction of sp³-hybridized carbons (Fsp3) is 0.214. The molecular weight excluding hydrogens is 278 g/mol. The van der Waals surface area contributed by atoms with Crippen molar-refractivity contribution in [3.8, 4) is 0 Å². The largest absolute Gasteiger partial charge is 0.363 e. The van der Waals surface area contributed by atoms with E-state index in [0.29, 0.717) is 5.56 Å². The van der Waals surface area contributed by atoms with Crippen LogP contribution < -0.4 is 4.90 Å². The van der Waals surface area contributed by atoms with Crippen molar-refractivity contribution in [2.75, 3.05) is 18.0 Å². The van der Waals surface area contributed by atoms with Crippen molar-refractivity contribution in [1.29, 1.82) is 0 Å². The van der Waals surface area contributed by atoms with Crippen LogP contribution >= 0.6 is 15.9 Å². The summed E-state index contributed by atoms with van der Waals surface area (Å²) in [5.74, 6) is 0.0660. The number of benzene rings is 1. The minimum absolute atomic E-state index is 0.0660. The molecule has 0 spiro atoms.